The van der Waals surface area contributed by atoms with Crippen molar-refractivity contribution in [1.29, 1.82) is 5.26 Å². The summed E-state index contributed by atoms with van der Waals surface area (Å²) in [5.41, 5.74) is 4.38. The number of nitrogens with one attached hydrogen (secondary N) is 1. The lowest BCUT2D eigenvalue weighted by Crippen LogP contribution is -2.23. The van der Waals surface area contributed by atoms with Crippen LogP contribution in [-0.4, -0.2) is 5.91 Å². The summed E-state index contributed by atoms with van der Waals surface area (Å²) in [6, 6.07) is 20.6. The molecule has 0 spiro atoms. The highest BCUT2D eigenvalue weighted by atomic mass is 35.5. The van der Waals surface area contributed by atoms with Gasteiger partial charge in [0.1, 0.15) is 24.0 Å². The van der Waals surface area contributed by atoms with Crippen LogP contribution in [0.2, 0.25) is 10.0 Å². The van der Waals surface area contributed by atoms with Crippen LogP contribution in [0.25, 0.3) is 6.08 Å². The summed E-state index contributed by atoms with van der Waals surface area (Å²) in [5, 5.41) is 13.4. The number of carbonyl (C=O) groups is 1. The lowest BCUT2D eigenvalue weighted by molar-refractivity contribution is -0.117. The van der Waals surface area contributed by atoms with Crippen molar-refractivity contribution in [2.24, 2.45) is 0 Å². The maximum absolute atomic E-state index is 12.5. The van der Waals surface area contributed by atoms with Gasteiger partial charge in [0.05, 0.1) is 0 Å². The summed E-state index contributed by atoms with van der Waals surface area (Å²) in [4.78, 5) is 12.5. The van der Waals surface area contributed by atoms with Crippen LogP contribution in [0.5, 0.6) is 5.75 Å². The van der Waals surface area contributed by atoms with E-state index in [1.165, 1.54) is 0 Å². The fraction of sp³-hybridized carbons (Fsp3) is 0.154. The first-order valence-electron chi connectivity index (χ1n) is 9.99. The summed E-state index contributed by atoms with van der Waals surface area (Å²) in [6.45, 7) is 4.50. The molecule has 0 saturated heterocycles. The molecule has 32 heavy (non-hydrogen) atoms. The van der Waals surface area contributed by atoms with Crippen molar-refractivity contribution in [3.8, 4) is 11.8 Å². The van der Waals surface area contributed by atoms with Crippen molar-refractivity contribution >= 4 is 35.2 Å². The van der Waals surface area contributed by atoms with E-state index in [-0.39, 0.29) is 5.57 Å². The van der Waals surface area contributed by atoms with Crippen molar-refractivity contribution in [1.82, 2.24) is 5.32 Å². The fourth-order valence-corrected chi connectivity index (χ4v) is 3.74. The number of hydrogen-bond acceptors (Lipinski definition) is 3. The van der Waals surface area contributed by atoms with Crippen molar-refractivity contribution in [3.63, 3.8) is 0 Å². The molecule has 6 heteroatoms. The highest BCUT2D eigenvalue weighted by Crippen LogP contribution is 2.28. The topological polar surface area (TPSA) is 62.1 Å². The molecular formula is C26H22Cl2N2O2. The van der Waals surface area contributed by atoms with Crippen LogP contribution in [0.3, 0.4) is 0 Å². The van der Waals surface area contributed by atoms with Gasteiger partial charge in [-0.25, -0.2) is 0 Å². The monoisotopic (exact) mass is 464 g/mol. The molecule has 3 aromatic carbocycles. The zero-order chi connectivity index (χ0) is 23.1. The molecule has 0 bridgehead atoms. The molecule has 0 unspecified atom stereocenters. The third-order valence-electron chi connectivity index (χ3n) is 4.84. The Hall–Kier alpha value is -3.26. The van der Waals surface area contributed by atoms with E-state index >= 15 is 0 Å². The maximum atomic E-state index is 12.5. The zero-order valence-electron chi connectivity index (χ0n) is 17.8. The highest BCUT2D eigenvalue weighted by Gasteiger charge is 2.12. The van der Waals surface area contributed by atoms with E-state index in [1.54, 1.807) is 18.2 Å². The Bertz CT molecular complexity index is 1180. The van der Waals surface area contributed by atoms with Crippen LogP contribution >= 0.6 is 23.2 Å². The summed E-state index contributed by atoms with van der Waals surface area (Å²) in [7, 11) is 0. The zero-order valence-corrected chi connectivity index (χ0v) is 19.3. The summed E-state index contributed by atoms with van der Waals surface area (Å²) in [6.07, 6.45) is 1.58. The number of aryl methyl sites for hydroxylation is 2. The third kappa shape index (κ3) is 6.13. The van der Waals surface area contributed by atoms with Crippen molar-refractivity contribution in [2.75, 3.05) is 0 Å². The van der Waals surface area contributed by atoms with Gasteiger partial charge in [0.25, 0.3) is 5.91 Å². The Kier molecular flexibility index (Phi) is 7.94. The number of amides is 1. The largest absolute Gasteiger partial charge is 0.488 e. The number of hydrogen-bond donors (Lipinski definition) is 1. The Balaban J connectivity index is 1.72. The molecule has 0 aliphatic heterocycles. The number of nitriles is 1. The summed E-state index contributed by atoms with van der Waals surface area (Å²) in [5.74, 6) is 0.324. The molecule has 0 aromatic heterocycles. The van der Waals surface area contributed by atoms with Crippen LogP contribution in [0, 0.1) is 25.2 Å². The lowest BCUT2D eigenvalue weighted by Gasteiger charge is -2.14. The van der Waals surface area contributed by atoms with Crippen LogP contribution in [0.15, 0.2) is 66.2 Å². The van der Waals surface area contributed by atoms with Crippen LogP contribution in [0.1, 0.15) is 27.8 Å². The average molecular weight is 465 g/mol. The number of rotatable bonds is 7. The molecule has 0 radical (unpaired) electrons. The molecule has 0 aliphatic carbocycles. The van der Waals surface area contributed by atoms with Gasteiger partial charge in [-0.2, -0.15) is 5.26 Å². The first-order chi connectivity index (χ1) is 15.4. The van der Waals surface area contributed by atoms with Crippen LogP contribution < -0.4 is 10.1 Å². The molecule has 3 rings (SSSR count). The highest BCUT2D eigenvalue weighted by molar-refractivity contribution is 6.35. The Labute approximate surface area is 198 Å². The van der Waals surface area contributed by atoms with Crippen LogP contribution in [0.4, 0.5) is 0 Å². The molecule has 0 fully saturated rings. The molecule has 1 amide bonds. The molecular weight excluding hydrogens is 443 g/mol. The minimum atomic E-state index is -0.413. The summed E-state index contributed by atoms with van der Waals surface area (Å²) < 4.78 is 6.00. The van der Waals surface area contributed by atoms with Crippen molar-refractivity contribution in [3.05, 3.63) is 104 Å². The van der Waals surface area contributed by atoms with E-state index in [9.17, 15) is 10.1 Å². The smallest absolute Gasteiger partial charge is 0.262 e. The average Bonchev–Trinajstić information content (AvgIpc) is 2.77. The first-order valence-corrected chi connectivity index (χ1v) is 10.7. The number of ether oxygens (including phenoxy) is 1. The standard InChI is InChI=1S/C26H22Cl2N2O2/c1-17-10-20(12-22(14-29)26(31)30-15-19-6-4-3-5-7-19)11-18(2)25(17)32-16-21-8-9-23(27)13-24(21)28/h3-13H,15-16H2,1-2H3,(H,30,31)/b22-12+. The van der Waals surface area contributed by atoms with Crippen molar-refractivity contribution in [2.45, 2.75) is 27.0 Å². The minimum absolute atomic E-state index is 0.0429. The van der Waals surface area contributed by atoms with E-state index < -0.39 is 5.91 Å². The van der Waals surface area contributed by atoms with E-state index in [0.29, 0.717) is 23.2 Å². The molecule has 0 aliphatic rings. The number of benzene rings is 3. The second-order valence-electron chi connectivity index (χ2n) is 7.35. The van der Waals surface area contributed by atoms with E-state index in [0.717, 1.165) is 33.6 Å². The predicted octanol–water partition coefficient (Wildman–Crippen LogP) is 6.41. The van der Waals surface area contributed by atoms with Crippen LogP contribution in [-0.2, 0) is 17.9 Å². The quantitative estimate of drug-likeness (QED) is 0.324. The summed E-state index contributed by atoms with van der Waals surface area (Å²) >= 11 is 12.2. The van der Waals surface area contributed by atoms with Gasteiger partial charge in [0, 0.05) is 22.2 Å². The minimum Gasteiger partial charge on any atom is -0.488 e. The first kappa shape index (κ1) is 23.4. The van der Waals surface area contributed by atoms with E-state index in [1.807, 2.05) is 68.4 Å². The Morgan fingerprint density at radius 1 is 1.06 bits per heavy atom. The molecule has 0 atom stereocenters. The van der Waals surface area contributed by atoms with Gasteiger partial charge in [-0.1, -0.05) is 59.6 Å². The molecule has 0 heterocycles. The normalized spacial score (nSPS) is 11.0. The fourth-order valence-electron chi connectivity index (χ4n) is 3.27. The predicted molar refractivity (Wildman–Crippen MR) is 129 cm³/mol. The Morgan fingerprint density at radius 2 is 1.75 bits per heavy atom. The van der Waals surface area contributed by atoms with Gasteiger partial charge >= 0.3 is 0 Å². The SMILES string of the molecule is Cc1cc(/C=C(\C#N)C(=O)NCc2ccccc2)cc(C)c1OCc1ccc(Cl)cc1Cl. The van der Waals surface area contributed by atoms with Gasteiger partial charge in [0.2, 0.25) is 0 Å². The molecule has 4 nitrogen and oxygen atoms in total. The number of nitrogens with zero attached hydrogens (tertiary/aromatic N) is 1. The van der Waals surface area contributed by atoms with Crippen molar-refractivity contribution < 1.29 is 9.53 Å². The maximum Gasteiger partial charge on any atom is 0.262 e. The molecule has 3 aromatic rings. The second-order valence-corrected chi connectivity index (χ2v) is 8.19. The van der Waals surface area contributed by atoms with Gasteiger partial charge in [0.15, 0.2) is 0 Å². The third-order valence-corrected chi connectivity index (χ3v) is 5.43. The van der Waals surface area contributed by atoms with E-state index in [2.05, 4.69) is 5.32 Å². The van der Waals surface area contributed by atoms with Gasteiger partial charge in [-0.3, -0.25) is 4.79 Å². The van der Waals surface area contributed by atoms with Gasteiger partial charge in [-0.05, 0) is 66.4 Å². The molecule has 1 N–H and O–H groups in total. The molecule has 162 valence electrons. The van der Waals surface area contributed by atoms with Gasteiger partial charge < -0.3 is 10.1 Å². The van der Waals surface area contributed by atoms with E-state index in [4.69, 9.17) is 27.9 Å². The number of carbonyl (C=O) groups excluding carboxylic acids is 1. The number of halogens is 2. The van der Waals surface area contributed by atoms with Gasteiger partial charge in [-0.15, -0.1) is 0 Å². The Morgan fingerprint density at radius 3 is 2.38 bits per heavy atom. The molecule has 0 saturated carbocycles. The second kappa shape index (κ2) is 10.9. The lowest BCUT2D eigenvalue weighted by atomic mass is 10.0.